The van der Waals surface area contributed by atoms with Crippen LogP contribution in [0.25, 0.3) is 0 Å². The lowest BCUT2D eigenvalue weighted by molar-refractivity contribution is -0.115. The lowest BCUT2D eigenvalue weighted by Gasteiger charge is -2.18. The van der Waals surface area contributed by atoms with E-state index in [1.54, 1.807) is 18.2 Å². The smallest absolute Gasteiger partial charge is 0.234 e. The highest BCUT2D eigenvalue weighted by atomic mass is 32.2. The summed E-state index contributed by atoms with van der Waals surface area (Å²) in [5, 5.41) is 13.9. The van der Waals surface area contributed by atoms with Gasteiger partial charge < -0.3 is 20.1 Å². The number of benzene rings is 2. The fourth-order valence-corrected chi connectivity index (χ4v) is 4.28. The minimum Gasteiger partial charge on any atom is -0.486 e. The number of anilines is 2. The second-order valence-corrected chi connectivity index (χ2v) is 8.48. The number of nitrogens with one attached hydrogen (secondary N) is 2. The van der Waals surface area contributed by atoms with Crippen molar-refractivity contribution in [3.05, 3.63) is 54.1 Å². The van der Waals surface area contributed by atoms with Crippen molar-refractivity contribution in [3.8, 4) is 11.5 Å². The van der Waals surface area contributed by atoms with Crippen molar-refractivity contribution in [2.24, 2.45) is 0 Å². The Labute approximate surface area is 181 Å². The van der Waals surface area contributed by atoms with Gasteiger partial charge in [-0.05, 0) is 17.7 Å². The van der Waals surface area contributed by atoms with Gasteiger partial charge in [-0.1, -0.05) is 53.4 Å². The first-order valence-electron chi connectivity index (χ1n) is 9.15. The average molecular weight is 443 g/mol. The van der Waals surface area contributed by atoms with Crippen molar-refractivity contribution in [3.63, 3.8) is 0 Å². The van der Waals surface area contributed by atoms with Crippen LogP contribution < -0.4 is 20.1 Å². The Balaban J connectivity index is 1.25. The lowest BCUT2D eigenvalue weighted by Crippen LogP contribution is -2.17. The van der Waals surface area contributed by atoms with Crippen molar-refractivity contribution >= 4 is 45.7 Å². The summed E-state index contributed by atoms with van der Waals surface area (Å²) < 4.78 is 11.6. The van der Waals surface area contributed by atoms with E-state index in [-0.39, 0.29) is 24.0 Å². The molecular weight excluding hydrogens is 424 g/mol. The first kappa shape index (κ1) is 20.2. The van der Waals surface area contributed by atoms with Crippen LogP contribution in [0.15, 0.2) is 52.9 Å². The molecule has 0 unspecified atom stereocenters. The van der Waals surface area contributed by atoms with Gasteiger partial charge in [-0.25, -0.2) is 0 Å². The predicted octanol–water partition coefficient (Wildman–Crippen LogP) is 3.22. The molecule has 0 aliphatic carbocycles. The minimum atomic E-state index is -0.179. The minimum absolute atomic E-state index is 0.162. The van der Waals surface area contributed by atoms with E-state index in [0.29, 0.717) is 39.9 Å². The van der Waals surface area contributed by atoms with Crippen LogP contribution in [0, 0.1) is 0 Å². The number of hydrogen-bond donors (Lipinski definition) is 2. The number of nitrogens with zero attached hydrogens (tertiary/aromatic N) is 2. The van der Waals surface area contributed by atoms with E-state index in [4.69, 9.17) is 9.47 Å². The van der Waals surface area contributed by atoms with Crippen LogP contribution in [0.4, 0.5) is 10.8 Å². The van der Waals surface area contributed by atoms with Crippen LogP contribution in [0.5, 0.6) is 11.5 Å². The number of aromatic nitrogens is 2. The summed E-state index contributed by atoms with van der Waals surface area (Å²) in [6, 6.07) is 14.7. The third-order valence-electron chi connectivity index (χ3n) is 4.01. The molecular formula is C20H18N4O4S2. The molecule has 2 aromatic carbocycles. The zero-order valence-corrected chi connectivity index (χ0v) is 17.4. The standard InChI is InChI=1S/C20H18N4O4S2/c25-17(10-13-4-2-1-3-5-13)22-19-23-24-20(30-19)29-12-18(26)21-14-6-7-15-16(11-14)28-9-8-27-15/h1-7,11H,8-10,12H2,(H,21,26)(H,22,23,25). The highest BCUT2D eigenvalue weighted by molar-refractivity contribution is 8.01. The molecule has 4 rings (SSSR count). The number of ether oxygens (including phenoxy) is 2. The van der Waals surface area contributed by atoms with E-state index in [9.17, 15) is 9.59 Å². The molecule has 2 N–H and O–H groups in total. The van der Waals surface area contributed by atoms with Crippen molar-refractivity contribution in [2.45, 2.75) is 10.8 Å². The molecule has 154 valence electrons. The molecule has 0 fully saturated rings. The summed E-state index contributed by atoms with van der Waals surface area (Å²) in [4.78, 5) is 24.3. The van der Waals surface area contributed by atoms with E-state index < -0.39 is 0 Å². The highest BCUT2D eigenvalue weighted by Gasteiger charge is 2.14. The molecule has 2 heterocycles. The zero-order chi connectivity index (χ0) is 20.8. The van der Waals surface area contributed by atoms with E-state index in [0.717, 1.165) is 5.56 Å². The van der Waals surface area contributed by atoms with Crippen molar-refractivity contribution in [2.75, 3.05) is 29.6 Å². The summed E-state index contributed by atoms with van der Waals surface area (Å²) in [6.45, 7) is 1.01. The molecule has 10 heteroatoms. The van der Waals surface area contributed by atoms with Gasteiger partial charge in [0.1, 0.15) is 13.2 Å². The van der Waals surface area contributed by atoms with Crippen molar-refractivity contribution in [1.82, 2.24) is 10.2 Å². The Morgan fingerprint density at radius 1 is 0.967 bits per heavy atom. The molecule has 0 radical (unpaired) electrons. The van der Waals surface area contributed by atoms with Gasteiger partial charge in [-0.15, -0.1) is 10.2 Å². The molecule has 0 atom stereocenters. The Morgan fingerprint density at radius 3 is 2.60 bits per heavy atom. The van der Waals surface area contributed by atoms with Crippen LogP contribution in [-0.2, 0) is 16.0 Å². The topological polar surface area (TPSA) is 102 Å². The SMILES string of the molecule is O=C(CSc1nnc(NC(=O)Cc2ccccc2)s1)Nc1ccc2c(c1)OCCO2. The molecule has 0 saturated heterocycles. The molecule has 1 aliphatic rings. The maximum Gasteiger partial charge on any atom is 0.234 e. The number of fused-ring (bicyclic) bond motifs is 1. The number of carbonyl (C=O) groups is 2. The number of hydrogen-bond acceptors (Lipinski definition) is 8. The maximum absolute atomic E-state index is 12.2. The third kappa shape index (κ3) is 5.49. The quantitative estimate of drug-likeness (QED) is 0.428. The second kappa shape index (κ2) is 9.59. The van der Waals surface area contributed by atoms with E-state index in [1.807, 2.05) is 30.3 Å². The van der Waals surface area contributed by atoms with Crippen molar-refractivity contribution in [1.29, 1.82) is 0 Å². The molecule has 30 heavy (non-hydrogen) atoms. The Morgan fingerprint density at radius 2 is 1.77 bits per heavy atom. The zero-order valence-electron chi connectivity index (χ0n) is 15.8. The van der Waals surface area contributed by atoms with Crippen LogP contribution in [0.2, 0.25) is 0 Å². The van der Waals surface area contributed by atoms with Crippen LogP contribution in [-0.4, -0.2) is 41.0 Å². The monoisotopic (exact) mass is 442 g/mol. The van der Waals surface area contributed by atoms with Gasteiger partial charge in [0.05, 0.1) is 12.2 Å². The van der Waals surface area contributed by atoms with Crippen LogP contribution >= 0.6 is 23.1 Å². The molecule has 3 aromatic rings. The van der Waals surface area contributed by atoms with Crippen LogP contribution in [0.1, 0.15) is 5.56 Å². The van der Waals surface area contributed by atoms with Gasteiger partial charge in [-0.3, -0.25) is 9.59 Å². The van der Waals surface area contributed by atoms with Gasteiger partial charge in [0.15, 0.2) is 15.8 Å². The van der Waals surface area contributed by atoms with E-state index >= 15 is 0 Å². The molecule has 1 aliphatic heterocycles. The van der Waals surface area contributed by atoms with Gasteiger partial charge in [0.25, 0.3) is 0 Å². The normalized spacial score (nSPS) is 12.3. The maximum atomic E-state index is 12.2. The first-order chi connectivity index (χ1) is 14.7. The van der Waals surface area contributed by atoms with Gasteiger partial charge in [0, 0.05) is 11.8 Å². The molecule has 1 aromatic heterocycles. The molecule has 0 saturated carbocycles. The second-order valence-electron chi connectivity index (χ2n) is 6.28. The van der Waals surface area contributed by atoms with Crippen LogP contribution in [0.3, 0.4) is 0 Å². The Kier molecular flexibility index (Phi) is 6.45. The highest BCUT2D eigenvalue weighted by Crippen LogP contribution is 2.32. The largest absolute Gasteiger partial charge is 0.486 e. The van der Waals surface area contributed by atoms with Crippen molar-refractivity contribution < 1.29 is 19.1 Å². The summed E-state index contributed by atoms with van der Waals surface area (Å²) in [5.74, 6) is 1.11. The molecule has 0 bridgehead atoms. The summed E-state index contributed by atoms with van der Waals surface area (Å²) in [6.07, 6.45) is 0.265. The number of thioether (sulfide) groups is 1. The Hall–Kier alpha value is -3.11. The number of rotatable bonds is 7. The lowest BCUT2D eigenvalue weighted by atomic mass is 10.1. The summed E-state index contributed by atoms with van der Waals surface area (Å²) in [7, 11) is 0. The summed E-state index contributed by atoms with van der Waals surface area (Å²) >= 11 is 2.49. The predicted molar refractivity (Wildman–Crippen MR) is 115 cm³/mol. The van der Waals surface area contributed by atoms with E-state index in [2.05, 4.69) is 20.8 Å². The Bertz CT molecular complexity index is 1040. The van der Waals surface area contributed by atoms with Gasteiger partial charge in [-0.2, -0.15) is 0 Å². The van der Waals surface area contributed by atoms with E-state index in [1.165, 1.54) is 23.1 Å². The summed E-state index contributed by atoms with van der Waals surface area (Å²) in [5.41, 5.74) is 1.56. The third-order valence-corrected chi connectivity index (χ3v) is 5.98. The van der Waals surface area contributed by atoms with Gasteiger partial charge in [0.2, 0.25) is 16.9 Å². The average Bonchev–Trinajstić information content (AvgIpc) is 3.20. The molecule has 2 amide bonds. The molecule has 0 spiro atoms. The molecule has 8 nitrogen and oxygen atoms in total. The first-order valence-corrected chi connectivity index (χ1v) is 11.0. The number of carbonyl (C=O) groups excluding carboxylic acids is 2. The van der Waals surface area contributed by atoms with Gasteiger partial charge >= 0.3 is 0 Å². The fourth-order valence-electron chi connectivity index (χ4n) is 2.71. The number of amides is 2. The fraction of sp³-hybridized carbons (Fsp3) is 0.200.